The van der Waals surface area contributed by atoms with Crippen molar-refractivity contribution in [2.45, 2.75) is 6.92 Å². The Labute approximate surface area is 194 Å². The number of hydrogen-bond acceptors (Lipinski definition) is 7. The monoisotopic (exact) mass is 452 g/mol. The Balaban J connectivity index is 1.27. The molecule has 2 aromatic carbocycles. The molecule has 4 heterocycles. The number of carbonyl (C=O) groups excluding carboxylic acids is 1. The van der Waals surface area contributed by atoms with Crippen LogP contribution in [0.2, 0.25) is 0 Å². The Kier molecular flexibility index (Phi) is 4.72. The number of hydrogen-bond donors (Lipinski definition) is 1. The summed E-state index contributed by atoms with van der Waals surface area (Å²) in [5.41, 5.74) is 4.18. The quantitative estimate of drug-likeness (QED) is 0.397. The number of fused-ring (bicyclic) bond motifs is 2. The van der Waals surface area contributed by atoms with Gasteiger partial charge in [-0.05, 0) is 55.0 Å². The van der Waals surface area contributed by atoms with Gasteiger partial charge in [-0.2, -0.15) is 0 Å². The van der Waals surface area contributed by atoms with Gasteiger partial charge in [-0.25, -0.2) is 19.7 Å². The van der Waals surface area contributed by atoms with Gasteiger partial charge < -0.3 is 19.2 Å². The van der Waals surface area contributed by atoms with E-state index in [9.17, 15) is 4.79 Å². The molecule has 9 nitrogen and oxygen atoms in total. The molecule has 168 valence electrons. The molecule has 0 radical (unpaired) electrons. The van der Waals surface area contributed by atoms with Crippen molar-refractivity contribution in [3.05, 3.63) is 79.0 Å². The van der Waals surface area contributed by atoms with E-state index in [-0.39, 0.29) is 6.09 Å². The highest BCUT2D eigenvalue weighted by Crippen LogP contribution is 2.31. The van der Waals surface area contributed by atoms with Gasteiger partial charge in [0.25, 0.3) is 0 Å². The number of rotatable bonds is 5. The second-order valence-corrected chi connectivity index (χ2v) is 7.95. The molecule has 34 heavy (non-hydrogen) atoms. The maximum atomic E-state index is 12.0. The average molecular weight is 452 g/mol. The molecule has 1 aliphatic rings. The van der Waals surface area contributed by atoms with Gasteiger partial charge in [-0.3, -0.25) is 4.90 Å². The first-order valence-electron chi connectivity index (χ1n) is 10.8. The van der Waals surface area contributed by atoms with E-state index in [1.165, 1.54) is 6.33 Å². The van der Waals surface area contributed by atoms with Crippen LogP contribution in [0.25, 0.3) is 16.6 Å². The molecule has 0 spiro atoms. The van der Waals surface area contributed by atoms with Crippen LogP contribution in [0.15, 0.2) is 73.4 Å². The van der Waals surface area contributed by atoms with E-state index in [1.807, 2.05) is 72.2 Å². The summed E-state index contributed by atoms with van der Waals surface area (Å²) < 4.78 is 13.1. The summed E-state index contributed by atoms with van der Waals surface area (Å²) >= 11 is 0. The number of ether oxygens (including phenoxy) is 2. The SMILES string of the molecule is Cc1cc(Nc2ncnc3ccc(N4CCOC4=O)cc23)ccc1Oc1ccn2ccnc2c1. The zero-order chi connectivity index (χ0) is 23.1. The second kappa shape index (κ2) is 8.04. The smallest absolute Gasteiger partial charge is 0.414 e. The van der Waals surface area contributed by atoms with Crippen LogP contribution in [-0.4, -0.2) is 38.6 Å². The zero-order valence-corrected chi connectivity index (χ0v) is 18.3. The fourth-order valence-electron chi connectivity index (χ4n) is 4.00. The standard InChI is InChI=1S/C25H20N6O3/c1-16-12-17(2-5-22(16)34-19-6-8-30-9-7-26-23(30)14-19)29-24-20-13-18(31-10-11-33-25(31)32)3-4-21(20)27-15-28-24/h2-9,12-15H,10-11H2,1H3,(H,27,28,29). The number of nitrogens with zero attached hydrogens (tertiary/aromatic N) is 5. The van der Waals surface area contributed by atoms with Crippen molar-refractivity contribution >= 4 is 39.8 Å². The third kappa shape index (κ3) is 3.62. The van der Waals surface area contributed by atoms with E-state index in [0.29, 0.717) is 19.0 Å². The van der Waals surface area contributed by atoms with Crippen LogP contribution in [0.3, 0.4) is 0 Å². The first-order valence-corrected chi connectivity index (χ1v) is 10.8. The van der Waals surface area contributed by atoms with E-state index in [0.717, 1.165) is 45.0 Å². The molecule has 0 unspecified atom stereocenters. The highest BCUT2D eigenvalue weighted by molar-refractivity contribution is 5.97. The van der Waals surface area contributed by atoms with Crippen LogP contribution in [0, 0.1) is 6.92 Å². The lowest BCUT2D eigenvalue weighted by Crippen LogP contribution is -2.23. The van der Waals surface area contributed by atoms with Gasteiger partial charge >= 0.3 is 6.09 Å². The molecule has 3 aromatic heterocycles. The predicted octanol–water partition coefficient (Wildman–Crippen LogP) is 5.08. The number of benzene rings is 2. The number of nitrogens with one attached hydrogen (secondary N) is 1. The molecule has 5 aromatic rings. The molecule has 0 saturated carbocycles. The van der Waals surface area contributed by atoms with Crippen molar-refractivity contribution in [2.75, 3.05) is 23.4 Å². The van der Waals surface area contributed by atoms with Gasteiger partial charge in [0.15, 0.2) is 0 Å². The van der Waals surface area contributed by atoms with Crippen LogP contribution in [0.1, 0.15) is 5.56 Å². The zero-order valence-electron chi connectivity index (χ0n) is 18.3. The normalized spacial score (nSPS) is 13.4. The third-order valence-corrected chi connectivity index (χ3v) is 5.73. The molecular weight excluding hydrogens is 432 g/mol. The molecule has 0 atom stereocenters. The van der Waals surface area contributed by atoms with E-state index < -0.39 is 0 Å². The maximum Gasteiger partial charge on any atom is 0.414 e. The summed E-state index contributed by atoms with van der Waals surface area (Å²) in [6, 6.07) is 15.3. The Bertz CT molecular complexity index is 1550. The van der Waals surface area contributed by atoms with Crippen molar-refractivity contribution in [3.8, 4) is 11.5 Å². The molecule has 0 aliphatic carbocycles. The summed E-state index contributed by atoms with van der Waals surface area (Å²) in [4.78, 5) is 26.7. The van der Waals surface area contributed by atoms with E-state index >= 15 is 0 Å². The number of aryl methyl sites for hydroxylation is 1. The van der Waals surface area contributed by atoms with Gasteiger partial charge in [0.1, 0.15) is 35.9 Å². The van der Waals surface area contributed by atoms with Crippen molar-refractivity contribution in [3.63, 3.8) is 0 Å². The Hall–Kier alpha value is -4.66. The number of aromatic nitrogens is 4. The average Bonchev–Trinajstić information content (AvgIpc) is 3.49. The first kappa shape index (κ1) is 20.0. The molecule has 1 N–H and O–H groups in total. The van der Waals surface area contributed by atoms with Gasteiger partial charge in [0.2, 0.25) is 0 Å². The first-order chi connectivity index (χ1) is 16.6. The molecule has 0 bridgehead atoms. The van der Waals surface area contributed by atoms with Gasteiger partial charge in [-0.1, -0.05) is 0 Å². The molecule has 9 heteroatoms. The van der Waals surface area contributed by atoms with Crippen LogP contribution >= 0.6 is 0 Å². The summed E-state index contributed by atoms with van der Waals surface area (Å²) in [7, 11) is 0. The van der Waals surface area contributed by atoms with Gasteiger partial charge in [0, 0.05) is 41.4 Å². The minimum atomic E-state index is -0.344. The number of carbonyl (C=O) groups is 1. The highest BCUT2D eigenvalue weighted by atomic mass is 16.6. The fourth-order valence-corrected chi connectivity index (χ4v) is 4.00. The van der Waals surface area contributed by atoms with E-state index in [1.54, 1.807) is 11.1 Å². The molecule has 1 amide bonds. The minimum Gasteiger partial charge on any atom is -0.457 e. The third-order valence-electron chi connectivity index (χ3n) is 5.73. The number of pyridine rings is 1. The highest BCUT2D eigenvalue weighted by Gasteiger charge is 2.24. The lowest BCUT2D eigenvalue weighted by molar-refractivity contribution is 0.181. The summed E-state index contributed by atoms with van der Waals surface area (Å²) in [5.74, 6) is 2.12. The Morgan fingerprint density at radius 1 is 1.03 bits per heavy atom. The second-order valence-electron chi connectivity index (χ2n) is 7.95. The summed E-state index contributed by atoms with van der Waals surface area (Å²) in [6.07, 6.45) is 6.73. The fraction of sp³-hybridized carbons (Fsp3) is 0.120. The van der Waals surface area contributed by atoms with Crippen LogP contribution < -0.4 is 15.0 Å². The molecule has 1 saturated heterocycles. The lowest BCUT2D eigenvalue weighted by atomic mass is 10.1. The molecule has 1 aliphatic heterocycles. The Morgan fingerprint density at radius 2 is 1.97 bits per heavy atom. The number of amides is 1. The molecule has 1 fully saturated rings. The summed E-state index contributed by atoms with van der Waals surface area (Å²) in [5, 5.41) is 4.18. The van der Waals surface area contributed by atoms with Crippen molar-refractivity contribution in [2.24, 2.45) is 0 Å². The largest absolute Gasteiger partial charge is 0.457 e. The maximum absolute atomic E-state index is 12.0. The molecular formula is C25H20N6O3. The predicted molar refractivity (Wildman–Crippen MR) is 128 cm³/mol. The molecule has 6 rings (SSSR count). The minimum absolute atomic E-state index is 0.344. The Morgan fingerprint density at radius 3 is 2.82 bits per heavy atom. The van der Waals surface area contributed by atoms with Crippen LogP contribution in [0.4, 0.5) is 22.0 Å². The topological polar surface area (TPSA) is 93.9 Å². The number of cyclic esters (lactones) is 1. The van der Waals surface area contributed by atoms with Crippen LogP contribution in [0.5, 0.6) is 11.5 Å². The van der Waals surface area contributed by atoms with Crippen LogP contribution in [-0.2, 0) is 4.74 Å². The van der Waals surface area contributed by atoms with Crippen molar-refractivity contribution < 1.29 is 14.3 Å². The summed E-state index contributed by atoms with van der Waals surface area (Å²) in [6.45, 7) is 2.90. The van der Waals surface area contributed by atoms with Gasteiger partial charge in [-0.15, -0.1) is 0 Å². The number of imidazole rings is 1. The van der Waals surface area contributed by atoms with Crippen molar-refractivity contribution in [1.29, 1.82) is 0 Å². The lowest BCUT2D eigenvalue weighted by Gasteiger charge is -2.15. The van der Waals surface area contributed by atoms with E-state index in [2.05, 4.69) is 20.3 Å². The van der Waals surface area contributed by atoms with Gasteiger partial charge in [0.05, 0.1) is 12.1 Å². The van der Waals surface area contributed by atoms with E-state index in [4.69, 9.17) is 9.47 Å². The number of anilines is 3. The van der Waals surface area contributed by atoms with Crippen molar-refractivity contribution in [1.82, 2.24) is 19.4 Å².